The van der Waals surface area contributed by atoms with Crippen LogP contribution >= 0.6 is 0 Å². The van der Waals surface area contributed by atoms with Crippen molar-refractivity contribution in [3.05, 3.63) is 416 Å². The first-order chi connectivity index (χ1) is 65.3. The van der Waals surface area contributed by atoms with Crippen LogP contribution in [0.2, 0.25) is 0 Å². The fourth-order valence-electron chi connectivity index (χ4n) is 20.0. The second-order valence-corrected chi connectivity index (χ2v) is 46.8. The predicted molar refractivity (Wildman–Crippen MR) is 593 cm³/mol. The molecule has 6 nitrogen and oxygen atoms in total. The molecule has 0 N–H and O–H groups in total. The SMILES string of the molecule is CC(C)(C)c1ccc2c(c1)c1cc(C(C)(C)C)ccc1n2-c1ccc(C(=Cc2ccc(/C=C(\C#N)c3ccc(/C(C#N)=C/c4ccc(C=C(c5ccc(-n6c7ccc(C(C)(C)C)cc7c7cc(C(C)(C)C)ccc76)cc5)c5ccc(-n6c7ccc(C(C)(C)C)cc7c7cc(C(C)(C)C)ccc76)cc5)cc4)cc3)cc2)c2ccc(-n3c4ccc(C(C)(C)C)cc4c4cc(C(C)(C)C)ccc43)cc2)cc1. The number of hydrogen-bond acceptors (Lipinski definition) is 2. The molecule has 138 heavy (non-hydrogen) atoms. The van der Waals surface area contributed by atoms with Crippen LogP contribution < -0.4 is 0 Å². The highest BCUT2D eigenvalue weighted by atomic mass is 15.0. The van der Waals surface area contributed by atoms with Crippen molar-refractivity contribution in [1.29, 1.82) is 10.5 Å². The molecule has 686 valence electrons. The van der Waals surface area contributed by atoms with Crippen LogP contribution in [0.25, 0.3) is 157 Å². The van der Waals surface area contributed by atoms with Gasteiger partial charge in [-0.2, -0.15) is 10.5 Å². The predicted octanol–water partition coefficient (Wildman–Crippen LogP) is 35.8. The number of nitriles is 2. The molecule has 4 heterocycles. The van der Waals surface area contributed by atoms with E-state index in [4.69, 9.17) is 0 Å². The molecule has 4 aromatic heterocycles. The van der Waals surface area contributed by atoms with Crippen molar-refractivity contribution in [3.8, 4) is 34.9 Å². The number of benzene rings is 15. The van der Waals surface area contributed by atoms with E-state index in [9.17, 15) is 10.5 Å². The zero-order valence-electron chi connectivity index (χ0n) is 85.0. The lowest BCUT2D eigenvalue weighted by Gasteiger charge is -2.19. The maximum absolute atomic E-state index is 10.9. The number of rotatable bonds is 14. The van der Waals surface area contributed by atoms with Crippen LogP contribution in [0.15, 0.2) is 315 Å². The number of aromatic nitrogens is 4. The van der Waals surface area contributed by atoms with E-state index in [-0.39, 0.29) is 43.3 Å². The van der Waals surface area contributed by atoms with Gasteiger partial charge in [-0.05, 0) is 325 Å². The Labute approximate surface area is 816 Å². The molecule has 19 aromatic rings. The van der Waals surface area contributed by atoms with Crippen LogP contribution in [0.1, 0.15) is 266 Å². The normalized spacial score (nSPS) is 13.0. The van der Waals surface area contributed by atoms with Gasteiger partial charge in [-0.15, -0.1) is 0 Å². The molecular formula is C132H128N6. The van der Waals surface area contributed by atoms with Crippen LogP contribution in [0.5, 0.6) is 0 Å². The monoisotopic (exact) mass is 1800 g/mol. The van der Waals surface area contributed by atoms with Crippen molar-refractivity contribution in [3.63, 3.8) is 0 Å². The van der Waals surface area contributed by atoms with Crippen LogP contribution in [-0.4, -0.2) is 18.3 Å². The molecule has 0 radical (unpaired) electrons. The Kier molecular flexibility index (Phi) is 23.0. The van der Waals surface area contributed by atoms with E-state index in [1.165, 1.54) is 132 Å². The van der Waals surface area contributed by atoms with E-state index in [1.54, 1.807) is 0 Å². The van der Waals surface area contributed by atoms with Gasteiger partial charge >= 0.3 is 0 Å². The molecule has 0 aliphatic rings. The average molecular weight is 1800 g/mol. The number of allylic oxidation sites excluding steroid dienone is 2. The zero-order valence-corrected chi connectivity index (χ0v) is 85.0. The highest BCUT2D eigenvalue weighted by molar-refractivity contribution is 6.14. The summed E-state index contributed by atoms with van der Waals surface area (Å²) in [6.07, 6.45) is 8.49. The molecule has 0 aliphatic carbocycles. The van der Waals surface area contributed by atoms with Gasteiger partial charge in [-0.25, -0.2) is 0 Å². The van der Waals surface area contributed by atoms with Crippen LogP contribution in [-0.2, 0) is 43.3 Å². The summed E-state index contributed by atoms with van der Waals surface area (Å²) >= 11 is 0. The third kappa shape index (κ3) is 17.7. The van der Waals surface area contributed by atoms with Gasteiger partial charge in [0.15, 0.2) is 0 Å². The van der Waals surface area contributed by atoms with Gasteiger partial charge in [0.05, 0.1) is 67.4 Å². The summed E-state index contributed by atoms with van der Waals surface area (Å²) in [6, 6.07) is 123. The van der Waals surface area contributed by atoms with Gasteiger partial charge in [0.1, 0.15) is 0 Å². The van der Waals surface area contributed by atoms with Crippen LogP contribution in [0.3, 0.4) is 0 Å². The lowest BCUT2D eigenvalue weighted by molar-refractivity contribution is 0.590. The van der Waals surface area contributed by atoms with Crippen molar-refractivity contribution in [2.75, 3.05) is 0 Å². The second-order valence-electron chi connectivity index (χ2n) is 46.8. The smallest absolute Gasteiger partial charge is 0.0998 e. The highest BCUT2D eigenvalue weighted by Crippen LogP contribution is 2.46. The number of hydrogen-bond donors (Lipinski definition) is 0. The summed E-state index contributed by atoms with van der Waals surface area (Å²) in [7, 11) is 0. The first-order valence-corrected chi connectivity index (χ1v) is 49.1. The molecule has 0 unspecified atom stereocenters. The van der Waals surface area contributed by atoms with E-state index < -0.39 is 0 Å². The van der Waals surface area contributed by atoms with Gasteiger partial charge < -0.3 is 18.3 Å². The fraction of sp³-hybridized carbons (Fsp3) is 0.242. The summed E-state index contributed by atoms with van der Waals surface area (Å²) < 4.78 is 9.74. The largest absolute Gasteiger partial charge is 0.309 e. The molecule has 0 atom stereocenters. The molecule has 0 bridgehead atoms. The molecule has 6 heteroatoms. The van der Waals surface area contributed by atoms with Gasteiger partial charge in [0.2, 0.25) is 0 Å². The van der Waals surface area contributed by atoms with E-state index in [0.29, 0.717) is 11.1 Å². The van der Waals surface area contributed by atoms with Crippen LogP contribution in [0.4, 0.5) is 0 Å². The minimum absolute atomic E-state index is 0.0127. The quantitative estimate of drug-likeness (QED) is 0.0804. The van der Waals surface area contributed by atoms with Crippen molar-refractivity contribution in [1.82, 2.24) is 18.3 Å². The minimum Gasteiger partial charge on any atom is -0.309 e. The molecular weight excluding hydrogens is 1670 g/mol. The Morgan fingerprint density at radius 2 is 0.326 bits per heavy atom. The third-order valence-electron chi connectivity index (χ3n) is 28.6. The zero-order chi connectivity index (χ0) is 97.6. The second kappa shape index (κ2) is 34.3. The highest BCUT2D eigenvalue weighted by Gasteiger charge is 2.29. The third-order valence-corrected chi connectivity index (χ3v) is 28.6. The molecule has 0 amide bonds. The topological polar surface area (TPSA) is 67.3 Å². The first kappa shape index (κ1) is 92.5. The Balaban J connectivity index is 0.634. The lowest BCUT2D eigenvalue weighted by Crippen LogP contribution is -2.10. The van der Waals surface area contributed by atoms with Crippen molar-refractivity contribution in [2.24, 2.45) is 0 Å². The van der Waals surface area contributed by atoms with Gasteiger partial charge in [0, 0.05) is 65.8 Å². The fourth-order valence-corrected chi connectivity index (χ4v) is 20.0. The summed E-state index contributed by atoms with van der Waals surface area (Å²) in [5.41, 5.74) is 37.1. The maximum atomic E-state index is 10.9. The molecule has 15 aromatic carbocycles. The molecule has 0 aliphatic heterocycles. The van der Waals surface area contributed by atoms with E-state index in [0.717, 1.165) is 89.5 Å². The standard InChI is InChI=1S/C132H128N6/c1-125(2,3)95-45-61-117-109(73-95)110-74-96(126(4,5)6)46-62-118(110)135(117)103-53-37-89(38-54-103)107(90-39-55-104(56-40-90)136-119-63-47-97(127(7,8)9)75-111(119)112-76-98(128(10,11)12)48-64-120(112)136)71-85-29-25-83(26-30-85)69-93(81-133)87-33-35-88(36-34-87)94(82-134)70-84-27-31-86(32-28-84)72-108(91-41-57-105(58-42-91)137-121-65-49-99(129(13,14)15)77-113(121)114-78-100(130(16,17)18)50-66-122(114)137)92-43-59-106(60-44-92)138-123-67-51-101(131(19,20)21)79-115(123)116-80-102(132(22,23)24)52-68-124(116)138/h25-80H,1-24H3/b93-69+,94-70+. The summed E-state index contributed by atoms with van der Waals surface area (Å²) in [5.74, 6) is 0. The minimum atomic E-state index is -0.0127. The van der Waals surface area contributed by atoms with Crippen LogP contribution in [0, 0.1) is 22.7 Å². The average Bonchev–Trinajstić information content (AvgIpc) is 1.59. The molecule has 0 fully saturated rings. The molecule has 19 rings (SSSR count). The Morgan fingerprint density at radius 3 is 0.471 bits per heavy atom. The van der Waals surface area contributed by atoms with E-state index in [1.807, 2.05) is 36.4 Å². The lowest BCUT2D eigenvalue weighted by atomic mass is 9.85. The van der Waals surface area contributed by atoms with E-state index in [2.05, 4.69) is 500 Å². The summed E-state index contributed by atoms with van der Waals surface area (Å²) in [6.45, 7) is 55.1. The van der Waals surface area contributed by atoms with E-state index >= 15 is 0 Å². The summed E-state index contributed by atoms with van der Waals surface area (Å²) in [4.78, 5) is 0. The summed E-state index contributed by atoms with van der Waals surface area (Å²) in [5, 5.41) is 32.0. The number of fused-ring (bicyclic) bond motifs is 12. The Morgan fingerprint density at radius 1 is 0.181 bits per heavy atom. The van der Waals surface area contributed by atoms with Gasteiger partial charge in [-0.1, -0.05) is 336 Å². The Hall–Kier alpha value is -14.6. The number of nitrogens with zero attached hydrogens (tertiary/aromatic N) is 6. The first-order valence-electron chi connectivity index (χ1n) is 49.1. The van der Waals surface area contributed by atoms with Crippen molar-refractivity contribution in [2.45, 2.75) is 209 Å². The molecule has 0 spiro atoms. The van der Waals surface area contributed by atoms with Gasteiger partial charge in [-0.3, -0.25) is 0 Å². The maximum Gasteiger partial charge on any atom is 0.0998 e. The Bertz CT molecular complexity index is 7100. The molecule has 0 saturated heterocycles. The molecule has 0 saturated carbocycles. The van der Waals surface area contributed by atoms with Crippen molar-refractivity contribution >= 4 is 134 Å². The van der Waals surface area contributed by atoms with Crippen molar-refractivity contribution < 1.29 is 0 Å². The van der Waals surface area contributed by atoms with Gasteiger partial charge in [0.25, 0.3) is 0 Å².